The van der Waals surface area contributed by atoms with Crippen LogP contribution in [-0.2, 0) is 20.1 Å². The highest BCUT2D eigenvalue weighted by Crippen LogP contribution is 2.31. The molecular formula is C26H37N3O4S3. The van der Waals surface area contributed by atoms with Crippen LogP contribution in [0, 0.1) is 11.3 Å². The van der Waals surface area contributed by atoms with E-state index in [1.165, 1.54) is 25.6 Å². The fourth-order valence-corrected chi connectivity index (χ4v) is 8.43. The molecule has 36 heavy (non-hydrogen) atoms. The van der Waals surface area contributed by atoms with Crippen molar-refractivity contribution in [2.24, 2.45) is 11.3 Å². The molecule has 1 atom stereocenters. The summed E-state index contributed by atoms with van der Waals surface area (Å²) in [5, 5.41) is 12.7. The Bertz CT molecular complexity index is 1120. The summed E-state index contributed by atoms with van der Waals surface area (Å²) in [5.41, 5.74) is 0.0848. The van der Waals surface area contributed by atoms with Crippen molar-refractivity contribution in [3.8, 4) is 0 Å². The lowest BCUT2D eigenvalue weighted by Gasteiger charge is -2.36. The fraction of sp³-hybridized carbons (Fsp3) is 0.538. The third-order valence-corrected chi connectivity index (χ3v) is 11.4. The largest absolute Gasteiger partial charge is 0.481 e. The SMILES string of the molecule is C=S(=O)(CC(C)(C)C(=O)O)c1cnc(NC(=O)N(CCSCc2ccccc2)C2CCC(C)CC2)s1. The van der Waals surface area contributed by atoms with Crippen molar-refractivity contribution in [3.63, 3.8) is 0 Å². The van der Waals surface area contributed by atoms with E-state index in [1.54, 1.807) is 0 Å². The lowest BCUT2D eigenvalue weighted by Crippen LogP contribution is -2.45. The zero-order valence-corrected chi connectivity index (χ0v) is 23.7. The van der Waals surface area contributed by atoms with Crippen LogP contribution in [0.1, 0.15) is 52.0 Å². The number of hydrogen-bond acceptors (Lipinski definition) is 6. The number of carboxylic acids is 1. The molecule has 0 aliphatic heterocycles. The average molecular weight is 552 g/mol. The van der Waals surface area contributed by atoms with Gasteiger partial charge in [0.25, 0.3) is 0 Å². The monoisotopic (exact) mass is 551 g/mol. The highest BCUT2D eigenvalue weighted by Gasteiger charge is 2.32. The van der Waals surface area contributed by atoms with Crippen molar-refractivity contribution in [1.29, 1.82) is 0 Å². The highest BCUT2D eigenvalue weighted by atomic mass is 32.2. The quantitative estimate of drug-likeness (QED) is 0.276. The molecule has 2 N–H and O–H groups in total. The molecule has 0 radical (unpaired) electrons. The number of carbonyl (C=O) groups excluding carboxylic acids is 1. The number of rotatable bonds is 11. The highest BCUT2D eigenvalue weighted by molar-refractivity contribution is 8.02. The van der Waals surface area contributed by atoms with Gasteiger partial charge in [-0.05, 0) is 56.9 Å². The Morgan fingerprint density at radius 3 is 2.56 bits per heavy atom. The van der Waals surface area contributed by atoms with Crippen LogP contribution in [0.15, 0.2) is 40.7 Å². The predicted octanol–water partition coefficient (Wildman–Crippen LogP) is 5.68. The third-order valence-electron chi connectivity index (χ3n) is 6.51. The number of carbonyl (C=O) groups is 2. The predicted molar refractivity (Wildman–Crippen MR) is 152 cm³/mol. The number of amides is 2. The standard InChI is InChI=1S/C26H37N3O4S3/c1-19-10-12-21(13-11-19)29(14-15-34-17-20-8-6-5-7-9-20)25(32)28-24-27-16-22(35-24)36(4,33)18-26(2,3)23(30)31/h5-9,16,19,21H,4,10-15,17-18H2,1-3H3,(H,30,31)(H,27,28,32). The smallest absolute Gasteiger partial charge is 0.323 e. The fourth-order valence-electron chi connectivity index (χ4n) is 4.30. The lowest BCUT2D eigenvalue weighted by atomic mass is 9.86. The minimum Gasteiger partial charge on any atom is -0.481 e. The van der Waals surface area contributed by atoms with Gasteiger partial charge in [0.1, 0.15) is 4.21 Å². The van der Waals surface area contributed by atoms with Crippen molar-refractivity contribution in [1.82, 2.24) is 9.88 Å². The molecule has 1 saturated carbocycles. The van der Waals surface area contributed by atoms with E-state index in [4.69, 9.17) is 0 Å². The van der Waals surface area contributed by atoms with Gasteiger partial charge in [-0.1, -0.05) is 48.6 Å². The van der Waals surface area contributed by atoms with E-state index < -0.39 is 20.9 Å². The molecule has 1 heterocycles. The van der Waals surface area contributed by atoms with Crippen molar-refractivity contribution < 1.29 is 18.9 Å². The number of aliphatic carboxylic acids is 1. The first-order chi connectivity index (χ1) is 17.0. The maximum absolute atomic E-state index is 13.3. The maximum Gasteiger partial charge on any atom is 0.323 e. The molecule has 1 aliphatic carbocycles. The van der Waals surface area contributed by atoms with Gasteiger partial charge in [-0.25, -0.2) is 9.78 Å². The zero-order valence-electron chi connectivity index (χ0n) is 21.3. The number of hydrogen-bond donors (Lipinski definition) is 2. The summed E-state index contributed by atoms with van der Waals surface area (Å²) in [6, 6.07) is 10.3. The number of nitrogens with one attached hydrogen (secondary N) is 1. The van der Waals surface area contributed by atoms with E-state index >= 15 is 0 Å². The van der Waals surface area contributed by atoms with Gasteiger partial charge in [0, 0.05) is 39.4 Å². The van der Waals surface area contributed by atoms with Gasteiger partial charge < -0.3 is 10.0 Å². The van der Waals surface area contributed by atoms with Crippen LogP contribution in [0.3, 0.4) is 0 Å². The molecule has 1 aromatic heterocycles. The molecule has 0 spiro atoms. The van der Waals surface area contributed by atoms with E-state index in [2.05, 4.69) is 35.2 Å². The van der Waals surface area contributed by atoms with Gasteiger partial charge in [-0.3, -0.25) is 14.3 Å². The lowest BCUT2D eigenvalue weighted by molar-refractivity contribution is -0.145. The second-order valence-electron chi connectivity index (χ2n) is 10.2. The Morgan fingerprint density at radius 1 is 1.25 bits per heavy atom. The molecule has 1 aromatic carbocycles. The first kappa shape index (κ1) is 28.5. The number of nitrogens with zero attached hydrogens (tertiary/aromatic N) is 2. The summed E-state index contributed by atoms with van der Waals surface area (Å²) in [7, 11) is -2.86. The van der Waals surface area contributed by atoms with Crippen LogP contribution in [-0.4, -0.2) is 61.2 Å². The van der Waals surface area contributed by atoms with Crippen molar-refractivity contribution in [2.75, 3.05) is 23.4 Å². The molecule has 10 heteroatoms. The summed E-state index contributed by atoms with van der Waals surface area (Å²) < 4.78 is 13.6. The van der Waals surface area contributed by atoms with Crippen LogP contribution in [0.25, 0.3) is 0 Å². The second kappa shape index (κ2) is 12.5. The van der Waals surface area contributed by atoms with Gasteiger partial charge in [0.2, 0.25) is 0 Å². The first-order valence-electron chi connectivity index (χ1n) is 12.2. The molecular weight excluding hydrogens is 515 g/mol. The Kier molecular flexibility index (Phi) is 9.88. The molecule has 2 amide bonds. The molecule has 1 fully saturated rings. The second-order valence-corrected chi connectivity index (χ2v) is 15.0. The third kappa shape index (κ3) is 7.98. The van der Waals surface area contributed by atoms with Gasteiger partial charge in [-0.15, -0.1) is 0 Å². The van der Waals surface area contributed by atoms with Gasteiger partial charge in [-0.2, -0.15) is 11.8 Å². The average Bonchev–Trinajstić information content (AvgIpc) is 3.29. The van der Waals surface area contributed by atoms with Gasteiger partial charge in [0.05, 0.1) is 11.6 Å². The van der Waals surface area contributed by atoms with Crippen LogP contribution < -0.4 is 5.32 Å². The molecule has 2 aromatic rings. The summed E-state index contributed by atoms with van der Waals surface area (Å²) in [5.74, 6) is 5.08. The normalized spacial score (nSPS) is 19.9. The number of thioether (sulfide) groups is 1. The first-order valence-corrected chi connectivity index (χ1v) is 16.1. The molecule has 0 bridgehead atoms. The van der Waals surface area contributed by atoms with Crippen LogP contribution in [0.2, 0.25) is 0 Å². The maximum atomic E-state index is 13.3. The molecule has 0 saturated heterocycles. The number of aromatic nitrogens is 1. The molecule has 198 valence electrons. The van der Waals surface area contributed by atoms with Crippen molar-refractivity contribution >= 4 is 55.6 Å². The van der Waals surface area contributed by atoms with E-state index in [9.17, 15) is 18.9 Å². The zero-order chi connectivity index (χ0) is 26.3. The van der Waals surface area contributed by atoms with Gasteiger partial charge in [0.15, 0.2) is 5.13 Å². The van der Waals surface area contributed by atoms with Crippen molar-refractivity contribution in [2.45, 2.75) is 62.5 Å². The number of carboxylic acid groups (broad SMARTS) is 1. The Balaban J connectivity index is 1.65. The number of anilines is 1. The summed E-state index contributed by atoms with van der Waals surface area (Å²) >= 11 is 2.91. The summed E-state index contributed by atoms with van der Waals surface area (Å²) in [4.78, 5) is 31.0. The number of urea groups is 1. The van der Waals surface area contributed by atoms with Crippen molar-refractivity contribution in [3.05, 3.63) is 42.1 Å². The topological polar surface area (TPSA) is 99.6 Å². The molecule has 1 unspecified atom stereocenters. The minimum atomic E-state index is -2.86. The van der Waals surface area contributed by atoms with E-state index in [1.807, 2.05) is 34.9 Å². The number of thiazole rings is 1. The Hall–Kier alpha value is -2.04. The molecule has 1 aliphatic rings. The summed E-state index contributed by atoms with van der Waals surface area (Å²) in [6.45, 7) is 5.96. The van der Waals surface area contributed by atoms with Crippen LogP contribution in [0.5, 0.6) is 0 Å². The Morgan fingerprint density at radius 2 is 1.92 bits per heavy atom. The van der Waals surface area contributed by atoms with E-state index in [0.717, 1.165) is 48.5 Å². The van der Waals surface area contributed by atoms with Gasteiger partial charge >= 0.3 is 12.0 Å². The minimum absolute atomic E-state index is 0.101. The molecule has 7 nitrogen and oxygen atoms in total. The van der Waals surface area contributed by atoms with Crippen LogP contribution >= 0.6 is 23.1 Å². The van der Waals surface area contributed by atoms with E-state index in [-0.39, 0.29) is 17.8 Å². The number of benzene rings is 1. The Labute approximate surface area is 223 Å². The van der Waals surface area contributed by atoms with Crippen LogP contribution in [0.4, 0.5) is 9.93 Å². The summed E-state index contributed by atoms with van der Waals surface area (Å²) in [6.07, 6.45) is 5.62. The molecule has 3 rings (SSSR count). The van der Waals surface area contributed by atoms with E-state index in [0.29, 0.717) is 21.8 Å².